The topological polar surface area (TPSA) is 81.0 Å². The van der Waals surface area contributed by atoms with Crippen molar-refractivity contribution < 1.29 is 5.11 Å². The third kappa shape index (κ3) is 1.60. The number of rotatable bonds is 1. The third-order valence-corrected chi connectivity index (χ3v) is 1.61. The van der Waals surface area contributed by atoms with Crippen molar-refractivity contribution in [2.75, 3.05) is 13.1 Å². The second-order valence-electron chi connectivity index (χ2n) is 2.33. The Labute approximate surface area is 58.7 Å². The Kier molecular flexibility index (Phi) is 2.50. The van der Waals surface area contributed by atoms with Crippen LogP contribution in [-0.2, 0) is 0 Å². The standard InChI is InChI=1S/C5H10N4O/c6-9-8-4-3-7-2-1-5(4)10/h4-5,7,10H,1-3H2. The van der Waals surface area contributed by atoms with E-state index in [4.69, 9.17) is 5.53 Å². The molecule has 1 aliphatic heterocycles. The molecule has 1 fully saturated rings. The van der Waals surface area contributed by atoms with Crippen LogP contribution < -0.4 is 5.32 Å². The summed E-state index contributed by atoms with van der Waals surface area (Å²) in [5.41, 5.74) is 8.06. The first-order chi connectivity index (χ1) is 4.84. The molecule has 0 aliphatic carbocycles. The Morgan fingerprint density at radius 2 is 2.50 bits per heavy atom. The van der Waals surface area contributed by atoms with E-state index in [1.54, 1.807) is 0 Å². The third-order valence-electron chi connectivity index (χ3n) is 1.61. The second kappa shape index (κ2) is 3.41. The van der Waals surface area contributed by atoms with Crippen LogP contribution in [0.1, 0.15) is 6.42 Å². The summed E-state index contributed by atoms with van der Waals surface area (Å²) in [6.45, 7) is 1.39. The number of nitrogens with zero attached hydrogens (tertiary/aromatic N) is 3. The molecule has 2 atom stereocenters. The highest BCUT2D eigenvalue weighted by Crippen LogP contribution is 2.06. The van der Waals surface area contributed by atoms with Crippen molar-refractivity contribution in [2.45, 2.75) is 18.6 Å². The summed E-state index contributed by atoms with van der Waals surface area (Å²) in [7, 11) is 0. The van der Waals surface area contributed by atoms with Crippen LogP contribution in [0.2, 0.25) is 0 Å². The van der Waals surface area contributed by atoms with Crippen molar-refractivity contribution in [3.05, 3.63) is 10.4 Å². The fraction of sp³-hybridized carbons (Fsp3) is 1.00. The Bertz CT molecular complexity index is 154. The van der Waals surface area contributed by atoms with Gasteiger partial charge in [0.2, 0.25) is 0 Å². The van der Waals surface area contributed by atoms with Gasteiger partial charge in [-0.05, 0) is 18.5 Å². The van der Waals surface area contributed by atoms with Crippen molar-refractivity contribution in [2.24, 2.45) is 5.11 Å². The molecule has 0 aromatic rings. The summed E-state index contributed by atoms with van der Waals surface area (Å²) in [6, 6.07) is -0.279. The van der Waals surface area contributed by atoms with Gasteiger partial charge in [0.05, 0.1) is 12.1 Å². The smallest absolute Gasteiger partial charge is 0.0758 e. The molecule has 1 aliphatic rings. The summed E-state index contributed by atoms with van der Waals surface area (Å²) in [4.78, 5) is 2.63. The van der Waals surface area contributed by atoms with E-state index in [0.717, 1.165) is 6.54 Å². The molecule has 1 rings (SSSR count). The summed E-state index contributed by atoms with van der Waals surface area (Å²) in [5.74, 6) is 0. The van der Waals surface area contributed by atoms with Gasteiger partial charge < -0.3 is 10.4 Å². The van der Waals surface area contributed by atoms with Gasteiger partial charge in [-0.25, -0.2) is 0 Å². The predicted molar refractivity (Wildman–Crippen MR) is 36.4 cm³/mol. The lowest BCUT2D eigenvalue weighted by atomic mass is 10.1. The zero-order chi connectivity index (χ0) is 7.40. The Hall–Kier alpha value is -0.770. The molecule has 5 nitrogen and oxygen atoms in total. The highest BCUT2D eigenvalue weighted by Gasteiger charge is 2.20. The molecule has 0 spiro atoms. The molecule has 0 bridgehead atoms. The number of azide groups is 1. The molecule has 5 heteroatoms. The molecule has 0 saturated carbocycles. The number of hydrogen-bond donors (Lipinski definition) is 2. The first-order valence-corrected chi connectivity index (χ1v) is 3.27. The van der Waals surface area contributed by atoms with E-state index in [1.807, 2.05) is 0 Å². The highest BCUT2D eigenvalue weighted by molar-refractivity contribution is 4.82. The van der Waals surface area contributed by atoms with Gasteiger partial charge in [0.15, 0.2) is 0 Å². The fourth-order valence-corrected chi connectivity index (χ4v) is 1.01. The van der Waals surface area contributed by atoms with Gasteiger partial charge in [-0.1, -0.05) is 5.11 Å². The van der Waals surface area contributed by atoms with Gasteiger partial charge in [0.25, 0.3) is 0 Å². The molecular formula is C5H10N4O. The SMILES string of the molecule is [N-]=[N+]=NC1CNCCC1O. The summed E-state index contributed by atoms with van der Waals surface area (Å²) in [6.07, 6.45) is 0.209. The monoisotopic (exact) mass is 142 g/mol. The molecule has 0 radical (unpaired) electrons. The van der Waals surface area contributed by atoms with E-state index in [-0.39, 0.29) is 6.04 Å². The van der Waals surface area contributed by atoms with Gasteiger partial charge >= 0.3 is 0 Å². The molecule has 0 aromatic carbocycles. The quantitative estimate of drug-likeness (QED) is 0.307. The Morgan fingerprint density at radius 3 is 3.10 bits per heavy atom. The molecule has 56 valence electrons. The Morgan fingerprint density at radius 1 is 1.70 bits per heavy atom. The zero-order valence-electron chi connectivity index (χ0n) is 5.56. The van der Waals surface area contributed by atoms with Crippen molar-refractivity contribution in [1.82, 2.24) is 5.32 Å². The van der Waals surface area contributed by atoms with E-state index in [9.17, 15) is 5.11 Å². The van der Waals surface area contributed by atoms with Crippen LogP contribution in [-0.4, -0.2) is 30.3 Å². The summed E-state index contributed by atoms with van der Waals surface area (Å²) >= 11 is 0. The molecule has 10 heavy (non-hydrogen) atoms. The maximum absolute atomic E-state index is 9.20. The minimum Gasteiger partial charge on any atom is -0.393 e. The number of nitrogens with one attached hydrogen (secondary N) is 1. The van der Waals surface area contributed by atoms with E-state index in [2.05, 4.69) is 15.3 Å². The highest BCUT2D eigenvalue weighted by atomic mass is 16.3. The number of aliphatic hydroxyl groups is 1. The van der Waals surface area contributed by atoms with Crippen LogP contribution in [0.5, 0.6) is 0 Å². The second-order valence-corrected chi connectivity index (χ2v) is 2.33. The van der Waals surface area contributed by atoms with E-state index in [0.29, 0.717) is 13.0 Å². The number of aliphatic hydroxyl groups excluding tert-OH is 1. The zero-order valence-corrected chi connectivity index (χ0v) is 5.56. The minimum absolute atomic E-state index is 0.279. The lowest BCUT2D eigenvalue weighted by Gasteiger charge is -2.23. The maximum Gasteiger partial charge on any atom is 0.0758 e. The van der Waals surface area contributed by atoms with Crippen molar-refractivity contribution in [1.29, 1.82) is 0 Å². The van der Waals surface area contributed by atoms with Crippen LogP contribution in [0, 0.1) is 0 Å². The van der Waals surface area contributed by atoms with Crippen LogP contribution >= 0.6 is 0 Å². The first-order valence-electron chi connectivity index (χ1n) is 3.27. The van der Waals surface area contributed by atoms with Gasteiger partial charge in [-0.15, -0.1) is 0 Å². The van der Waals surface area contributed by atoms with E-state index >= 15 is 0 Å². The average Bonchev–Trinajstić information content (AvgIpc) is 1.94. The number of piperidine rings is 1. The lowest BCUT2D eigenvalue weighted by Crippen LogP contribution is -2.42. The molecule has 1 saturated heterocycles. The molecule has 1 heterocycles. The Balaban J connectivity index is 2.47. The summed E-state index contributed by atoms with van der Waals surface area (Å²) in [5, 5.41) is 15.7. The van der Waals surface area contributed by atoms with Crippen LogP contribution in [0.25, 0.3) is 10.4 Å². The predicted octanol–water partition coefficient (Wildman–Crippen LogP) is 0.0195. The van der Waals surface area contributed by atoms with Crippen LogP contribution in [0.4, 0.5) is 0 Å². The molecular weight excluding hydrogens is 132 g/mol. The summed E-state index contributed by atoms with van der Waals surface area (Å²) < 4.78 is 0. The molecule has 0 aromatic heterocycles. The van der Waals surface area contributed by atoms with Crippen molar-refractivity contribution in [3.63, 3.8) is 0 Å². The minimum atomic E-state index is -0.461. The number of hydrogen-bond acceptors (Lipinski definition) is 3. The fourth-order valence-electron chi connectivity index (χ4n) is 1.01. The van der Waals surface area contributed by atoms with Crippen LogP contribution in [0.15, 0.2) is 5.11 Å². The van der Waals surface area contributed by atoms with Gasteiger partial charge in [-0.2, -0.15) is 0 Å². The molecule has 2 N–H and O–H groups in total. The van der Waals surface area contributed by atoms with E-state index in [1.165, 1.54) is 0 Å². The maximum atomic E-state index is 9.20. The van der Waals surface area contributed by atoms with Crippen molar-refractivity contribution >= 4 is 0 Å². The average molecular weight is 142 g/mol. The molecule has 2 unspecified atom stereocenters. The van der Waals surface area contributed by atoms with Gasteiger partial charge in [0.1, 0.15) is 0 Å². The van der Waals surface area contributed by atoms with Gasteiger partial charge in [0, 0.05) is 11.5 Å². The lowest BCUT2D eigenvalue weighted by molar-refractivity contribution is 0.116. The normalized spacial score (nSPS) is 32.9. The first kappa shape index (κ1) is 7.34. The molecule has 0 amide bonds. The van der Waals surface area contributed by atoms with Crippen LogP contribution in [0.3, 0.4) is 0 Å². The van der Waals surface area contributed by atoms with Crippen molar-refractivity contribution in [3.8, 4) is 0 Å². The van der Waals surface area contributed by atoms with E-state index < -0.39 is 6.10 Å². The largest absolute Gasteiger partial charge is 0.393 e. The van der Waals surface area contributed by atoms with Gasteiger partial charge in [-0.3, -0.25) is 0 Å².